The fourth-order valence-electron chi connectivity index (χ4n) is 2.12. The topological polar surface area (TPSA) is 62.2 Å². The molecule has 0 amide bonds. The van der Waals surface area contributed by atoms with Gasteiger partial charge in [-0.25, -0.2) is 4.98 Å². The fraction of sp³-hybridized carbons (Fsp3) is 0.667. The Hall–Kier alpha value is -0.750. The van der Waals surface area contributed by atoms with Gasteiger partial charge in [0.15, 0.2) is 5.13 Å². The number of aromatic nitrogens is 1. The van der Waals surface area contributed by atoms with Crippen LogP contribution in [0.1, 0.15) is 38.5 Å². The summed E-state index contributed by atoms with van der Waals surface area (Å²) in [5.74, 6) is -0.683. The van der Waals surface area contributed by atoms with E-state index in [1.807, 2.05) is 0 Å². The average Bonchev–Trinajstić information content (AvgIpc) is 2.62. The van der Waals surface area contributed by atoms with Crippen LogP contribution in [0.2, 0.25) is 0 Å². The number of carboxylic acids is 1. The Morgan fingerprint density at radius 2 is 2.17 bits per heavy atom. The van der Waals surface area contributed by atoms with Crippen molar-refractivity contribution in [2.75, 3.05) is 11.1 Å². The Morgan fingerprint density at radius 1 is 1.44 bits per heavy atom. The molecule has 2 rings (SSSR count). The highest BCUT2D eigenvalue weighted by molar-refractivity contribution is 8.01. The molecule has 1 aliphatic carbocycles. The van der Waals surface area contributed by atoms with Crippen LogP contribution in [0, 0.1) is 0 Å². The molecule has 2 N–H and O–H groups in total. The number of thiazole rings is 1. The second kappa shape index (κ2) is 6.99. The molecular weight excluding hydrogens is 268 g/mol. The summed E-state index contributed by atoms with van der Waals surface area (Å²) in [6, 6.07) is 0.538. The molecule has 1 aromatic heterocycles. The third-order valence-corrected chi connectivity index (χ3v) is 5.11. The molecule has 0 aromatic carbocycles. The molecule has 0 unspecified atom stereocenters. The van der Waals surface area contributed by atoms with Crippen molar-refractivity contribution in [3.05, 3.63) is 6.20 Å². The summed E-state index contributed by atoms with van der Waals surface area (Å²) in [4.78, 5) is 14.8. The van der Waals surface area contributed by atoms with Gasteiger partial charge in [0.1, 0.15) is 0 Å². The van der Waals surface area contributed by atoms with E-state index in [1.54, 1.807) is 17.5 Å². The SMILES string of the molecule is O=C(O)CSc1cnc(NC2CCCCCC2)s1. The van der Waals surface area contributed by atoms with Crippen LogP contribution in [0.4, 0.5) is 5.13 Å². The van der Waals surface area contributed by atoms with E-state index in [1.165, 1.54) is 50.3 Å². The highest BCUT2D eigenvalue weighted by atomic mass is 32.2. The van der Waals surface area contributed by atoms with Gasteiger partial charge in [0, 0.05) is 6.04 Å². The zero-order valence-corrected chi connectivity index (χ0v) is 11.9. The number of thioether (sulfide) groups is 1. The number of nitrogens with one attached hydrogen (secondary N) is 1. The van der Waals surface area contributed by atoms with Gasteiger partial charge in [-0.05, 0) is 12.8 Å². The highest BCUT2D eigenvalue weighted by Gasteiger charge is 2.13. The van der Waals surface area contributed by atoms with E-state index in [4.69, 9.17) is 5.11 Å². The number of carbonyl (C=O) groups is 1. The van der Waals surface area contributed by atoms with Gasteiger partial charge in [-0.1, -0.05) is 37.0 Å². The zero-order valence-electron chi connectivity index (χ0n) is 10.2. The molecule has 6 heteroatoms. The van der Waals surface area contributed by atoms with Gasteiger partial charge in [0.05, 0.1) is 16.2 Å². The van der Waals surface area contributed by atoms with E-state index >= 15 is 0 Å². The molecule has 18 heavy (non-hydrogen) atoms. The van der Waals surface area contributed by atoms with E-state index in [2.05, 4.69) is 10.3 Å². The summed E-state index contributed by atoms with van der Waals surface area (Å²) in [6.45, 7) is 0. The van der Waals surface area contributed by atoms with Crippen LogP contribution in [0.3, 0.4) is 0 Å². The first kappa shape index (κ1) is 13.7. The molecule has 0 saturated heterocycles. The average molecular weight is 286 g/mol. The first-order chi connectivity index (χ1) is 8.74. The predicted octanol–water partition coefficient (Wildman–Crippen LogP) is 3.45. The number of carboxylic acid groups (broad SMARTS) is 1. The van der Waals surface area contributed by atoms with Gasteiger partial charge in [0.2, 0.25) is 0 Å². The van der Waals surface area contributed by atoms with E-state index in [0.29, 0.717) is 6.04 Å². The minimum absolute atomic E-state index is 0.102. The molecule has 4 nitrogen and oxygen atoms in total. The maximum absolute atomic E-state index is 10.5. The molecule has 100 valence electrons. The summed E-state index contributed by atoms with van der Waals surface area (Å²) in [7, 11) is 0. The van der Waals surface area contributed by atoms with Crippen LogP contribution < -0.4 is 5.32 Å². The molecule has 1 aromatic rings. The van der Waals surface area contributed by atoms with Crippen LogP contribution in [0.5, 0.6) is 0 Å². The second-order valence-corrected chi connectivity index (χ2v) is 6.81. The Bertz CT molecular complexity index is 387. The molecule has 0 radical (unpaired) electrons. The van der Waals surface area contributed by atoms with Crippen molar-refractivity contribution >= 4 is 34.2 Å². The van der Waals surface area contributed by atoms with E-state index in [9.17, 15) is 4.79 Å². The molecule has 0 aliphatic heterocycles. The Kier molecular flexibility index (Phi) is 5.31. The van der Waals surface area contributed by atoms with Crippen LogP contribution in [-0.2, 0) is 4.79 Å². The van der Waals surface area contributed by atoms with Gasteiger partial charge in [-0.2, -0.15) is 0 Å². The quantitative estimate of drug-likeness (QED) is 0.641. The number of anilines is 1. The molecule has 1 saturated carbocycles. The molecule has 0 atom stereocenters. The molecule has 0 spiro atoms. The molecule has 0 bridgehead atoms. The predicted molar refractivity (Wildman–Crippen MR) is 75.6 cm³/mol. The maximum atomic E-state index is 10.5. The van der Waals surface area contributed by atoms with Crippen molar-refractivity contribution in [3.63, 3.8) is 0 Å². The lowest BCUT2D eigenvalue weighted by Crippen LogP contribution is -2.17. The Labute approximate surface area is 115 Å². The zero-order chi connectivity index (χ0) is 12.8. The maximum Gasteiger partial charge on any atom is 0.313 e. The lowest BCUT2D eigenvalue weighted by Gasteiger charge is -2.14. The third-order valence-electron chi connectivity index (χ3n) is 3.01. The summed E-state index contributed by atoms with van der Waals surface area (Å²) in [5.41, 5.74) is 0. The van der Waals surface area contributed by atoms with Crippen LogP contribution in [0.15, 0.2) is 10.4 Å². The van der Waals surface area contributed by atoms with Crippen LogP contribution >= 0.6 is 23.1 Å². The molecule has 1 fully saturated rings. The highest BCUT2D eigenvalue weighted by Crippen LogP contribution is 2.29. The second-order valence-electron chi connectivity index (χ2n) is 4.50. The van der Waals surface area contributed by atoms with Gasteiger partial charge in [0.25, 0.3) is 0 Å². The van der Waals surface area contributed by atoms with Crippen LogP contribution in [0.25, 0.3) is 0 Å². The first-order valence-corrected chi connectivity index (χ1v) is 8.11. The number of rotatable bonds is 5. The minimum Gasteiger partial charge on any atom is -0.481 e. The molecular formula is C12H18N2O2S2. The normalized spacial score (nSPS) is 17.3. The number of hydrogen-bond donors (Lipinski definition) is 2. The monoisotopic (exact) mass is 286 g/mol. The van der Waals surface area contributed by atoms with Crippen molar-refractivity contribution < 1.29 is 9.90 Å². The standard InChI is InChI=1S/C12H18N2O2S2/c15-10(16)8-17-11-7-13-12(18-11)14-9-5-3-1-2-4-6-9/h7,9H,1-6,8H2,(H,13,14)(H,15,16). The van der Waals surface area contributed by atoms with Gasteiger partial charge >= 0.3 is 5.97 Å². The number of nitrogens with zero attached hydrogens (tertiary/aromatic N) is 1. The van der Waals surface area contributed by atoms with Gasteiger partial charge < -0.3 is 10.4 Å². The first-order valence-electron chi connectivity index (χ1n) is 6.31. The minimum atomic E-state index is -0.785. The smallest absolute Gasteiger partial charge is 0.313 e. The summed E-state index contributed by atoms with van der Waals surface area (Å²) >= 11 is 2.88. The molecule has 1 aliphatic rings. The van der Waals surface area contributed by atoms with E-state index < -0.39 is 5.97 Å². The van der Waals surface area contributed by atoms with Crippen molar-refractivity contribution in [2.24, 2.45) is 0 Å². The largest absolute Gasteiger partial charge is 0.481 e. The number of hydrogen-bond acceptors (Lipinski definition) is 5. The fourth-order valence-corrected chi connectivity index (χ4v) is 3.79. The van der Waals surface area contributed by atoms with Crippen molar-refractivity contribution in [1.29, 1.82) is 0 Å². The van der Waals surface area contributed by atoms with E-state index in [0.717, 1.165) is 9.34 Å². The Morgan fingerprint density at radius 3 is 2.83 bits per heavy atom. The van der Waals surface area contributed by atoms with E-state index in [-0.39, 0.29) is 5.75 Å². The summed E-state index contributed by atoms with van der Waals surface area (Å²) in [5, 5.41) is 13.0. The van der Waals surface area contributed by atoms with Crippen molar-refractivity contribution in [1.82, 2.24) is 4.98 Å². The summed E-state index contributed by atoms with van der Waals surface area (Å²) < 4.78 is 0.966. The lowest BCUT2D eigenvalue weighted by molar-refractivity contribution is -0.133. The molecule has 1 heterocycles. The van der Waals surface area contributed by atoms with Crippen LogP contribution in [-0.4, -0.2) is 27.9 Å². The van der Waals surface area contributed by atoms with Crippen molar-refractivity contribution in [3.8, 4) is 0 Å². The Balaban J connectivity index is 1.83. The van der Waals surface area contributed by atoms with Gasteiger partial charge in [-0.3, -0.25) is 4.79 Å². The summed E-state index contributed by atoms with van der Waals surface area (Å²) in [6.07, 6.45) is 9.48. The van der Waals surface area contributed by atoms with Gasteiger partial charge in [-0.15, -0.1) is 11.8 Å². The number of aliphatic carboxylic acids is 1. The third kappa shape index (κ3) is 4.49. The lowest BCUT2D eigenvalue weighted by atomic mass is 10.1. The van der Waals surface area contributed by atoms with Crippen molar-refractivity contribution in [2.45, 2.75) is 48.8 Å².